The van der Waals surface area contributed by atoms with Crippen molar-refractivity contribution < 1.29 is 9.90 Å². The lowest BCUT2D eigenvalue weighted by Gasteiger charge is -2.19. The third kappa shape index (κ3) is 2.50. The van der Waals surface area contributed by atoms with Gasteiger partial charge in [-0.05, 0) is 31.0 Å². The Kier molecular flexibility index (Phi) is 3.88. The second kappa shape index (κ2) is 5.72. The summed E-state index contributed by atoms with van der Waals surface area (Å²) in [5.74, 6) is 0.419. The van der Waals surface area contributed by atoms with E-state index in [0.29, 0.717) is 47.3 Å². The number of guanidine groups is 1. The first kappa shape index (κ1) is 15.6. The summed E-state index contributed by atoms with van der Waals surface area (Å²) >= 11 is 6.17. The lowest BCUT2D eigenvalue weighted by Crippen LogP contribution is -2.40. The van der Waals surface area contributed by atoms with Gasteiger partial charge in [0, 0.05) is 6.54 Å². The van der Waals surface area contributed by atoms with Gasteiger partial charge in [-0.1, -0.05) is 11.6 Å². The van der Waals surface area contributed by atoms with Crippen LogP contribution in [-0.4, -0.2) is 52.1 Å². The number of nitriles is 1. The van der Waals surface area contributed by atoms with Crippen LogP contribution in [0.5, 0.6) is 0 Å². The summed E-state index contributed by atoms with van der Waals surface area (Å²) in [4.78, 5) is 19.5. The lowest BCUT2D eigenvalue weighted by atomic mass is 10.1. The van der Waals surface area contributed by atoms with E-state index in [1.165, 1.54) is 4.90 Å². The van der Waals surface area contributed by atoms with Crippen LogP contribution in [0.4, 0.5) is 10.5 Å². The number of carbonyl (C=O) groups is 1. The summed E-state index contributed by atoms with van der Waals surface area (Å²) in [5, 5.41) is 19.4. The third-order valence-corrected chi connectivity index (χ3v) is 4.83. The quantitative estimate of drug-likeness (QED) is 0.808. The molecule has 0 radical (unpaired) electrons. The van der Waals surface area contributed by atoms with Gasteiger partial charge in [0.1, 0.15) is 6.07 Å². The number of nitrogens with two attached hydrogens (primary N) is 1. The molecule has 1 aromatic rings. The normalized spacial score (nSPS) is 24.9. The van der Waals surface area contributed by atoms with Crippen LogP contribution in [0.2, 0.25) is 5.02 Å². The molecule has 0 spiro atoms. The van der Waals surface area contributed by atoms with Crippen molar-refractivity contribution in [3.63, 3.8) is 0 Å². The molecular weight excluding hydrogens is 318 g/mol. The van der Waals surface area contributed by atoms with E-state index in [9.17, 15) is 9.90 Å². The minimum Gasteiger partial charge on any atom is -0.391 e. The number of halogens is 1. The zero-order chi connectivity index (χ0) is 16.7. The van der Waals surface area contributed by atoms with Crippen molar-refractivity contribution in [1.82, 2.24) is 9.80 Å². The highest BCUT2D eigenvalue weighted by atomic mass is 35.5. The SMILES string of the molecule is Cc1c(N=C2N(C(N)=O)C[C@@H]3C(O)CCN23)ccc(C#N)c1Cl. The van der Waals surface area contributed by atoms with E-state index in [2.05, 4.69) is 4.99 Å². The fourth-order valence-corrected chi connectivity index (χ4v) is 3.23. The van der Waals surface area contributed by atoms with Gasteiger partial charge < -0.3 is 15.7 Å². The Bertz CT molecular complexity index is 742. The van der Waals surface area contributed by atoms with Gasteiger partial charge in [-0.15, -0.1) is 0 Å². The van der Waals surface area contributed by atoms with Gasteiger partial charge in [-0.3, -0.25) is 4.90 Å². The van der Waals surface area contributed by atoms with E-state index in [1.54, 1.807) is 19.1 Å². The topological polar surface area (TPSA) is 106 Å². The summed E-state index contributed by atoms with van der Waals surface area (Å²) in [6, 6.07) is 4.50. The predicted octanol–water partition coefficient (Wildman–Crippen LogP) is 1.34. The average molecular weight is 334 g/mol. The molecule has 0 saturated carbocycles. The van der Waals surface area contributed by atoms with E-state index < -0.39 is 12.1 Å². The van der Waals surface area contributed by atoms with Crippen LogP contribution in [0.15, 0.2) is 17.1 Å². The minimum absolute atomic E-state index is 0.185. The van der Waals surface area contributed by atoms with Gasteiger partial charge in [-0.25, -0.2) is 9.79 Å². The highest BCUT2D eigenvalue weighted by Gasteiger charge is 2.45. The third-order valence-electron chi connectivity index (χ3n) is 4.34. The Morgan fingerprint density at radius 2 is 2.30 bits per heavy atom. The predicted molar refractivity (Wildman–Crippen MR) is 85.4 cm³/mol. The maximum Gasteiger partial charge on any atom is 0.321 e. The van der Waals surface area contributed by atoms with Crippen molar-refractivity contribution in [2.75, 3.05) is 13.1 Å². The Labute approximate surface area is 138 Å². The molecule has 0 aliphatic carbocycles. The van der Waals surface area contributed by atoms with Crippen LogP contribution in [0.3, 0.4) is 0 Å². The number of nitrogens with zero attached hydrogens (tertiary/aromatic N) is 4. The van der Waals surface area contributed by atoms with Gasteiger partial charge in [0.15, 0.2) is 0 Å². The number of aliphatic imine (C=N–C) groups is 1. The first-order valence-corrected chi connectivity index (χ1v) is 7.61. The van der Waals surface area contributed by atoms with Gasteiger partial charge >= 0.3 is 6.03 Å². The smallest absolute Gasteiger partial charge is 0.321 e. The molecule has 1 unspecified atom stereocenters. The van der Waals surface area contributed by atoms with E-state index in [-0.39, 0.29) is 6.04 Å². The molecule has 2 aliphatic heterocycles. The molecule has 7 nitrogen and oxygen atoms in total. The van der Waals surface area contributed by atoms with E-state index in [4.69, 9.17) is 22.6 Å². The Morgan fingerprint density at radius 3 is 2.96 bits per heavy atom. The molecule has 2 atom stereocenters. The number of fused-ring (bicyclic) bond motifs is 1. The van der Waals surface area contributed by atoms with Crippen molar-refractivity contribution >= 4 is 29.3 Å². The van der Waals surface area contributed by atoms with Crippen molar-refractivity contribution in [2.45, 2.75) is 25.5 Å². The second-order valence-corrected chi connectivity index (χ2v) is 6.04. The number of aliphatic hydroxyl groups is 1. The number of rotatable bonds is 1. The highest BCUT2D eigenvalue weighted by molar-refractivity contribution is 6.32. The maximum atomic E-state index is 11.7. The minimum atomic E-state index is -0.609. The summed E-state index contributed by atoms with van der Waals surface area (Å²) in [7, 11) is 0. The molecule has 2 aliphatic rings. The molecule has 120 valence electrons. The Balaban J connectivity index is 2.05. The summed E-state index contributed by atoms with van der Waals surface area (Å²) < 4.78 is 0. The van der Waals surface area contributed by atoms with Gasteiger partial charge in [0.25, 0.3) is 0 Å². The zero-order valence-electron chi connectivity index (χ0n) is 12.5. The van der Waals surface area contributed by atoms with Crippen LogP contribution in [0.25, 0.3) is 0 Å². The number of carbonyl (C=O) groups excluding carboxylic acids is 1. The number of benzene rings is 1. The molecule has 2 amide bonds. The molecule has 8 heteroatoms. The van der Waals surface area contributed by atoms with Gasteiger partial charge in [-0.2, -0.15) is 5.26 Å². The van der Waals surface area contributed by atoms with Crippen molar-refractivity contribution in [2.24, 2.45) is 10.7 Å². The lowest BCUT2D eigenvalue weighted by molar-refractivity contribution is 0.144. The van der Waals surface area contributed by atoms with Crippen LogP contribution in [-0.2, 0) is 0 Å². The Hall–Kier alpha value is -2.30. The average Bonchev–Trinajstić information content (AvgIpc) is 3.05. The largest absolute Gasteiger partial charge is 0.391 e. The van der Waals surface area contributed by atoms with Crippen LogP contribution < -0.4 is 5.73 Å². The number of aliphatic hydroxyl groups excluding tert-OH is 1. The molecule has 2 fully saturated rings. The first-order chi connectivity index (χ1) is 10.9. The molecular formula is C15H16ClN5O2. The van der Waals surface area contributed by atoms with Gasteiger partial charge in [0.2, 0.25) is 5.96 Å². The number of hydrogen-bond acceptors (Lipinski definition) is 4. The summed E-state index contributed by atoms with van der Waals surface area (Å²) in [5.41, 5.74) is 7.03. The molecule has 2 heterocycles. The molecule has 23 heavy (non-hydrogen) atoms. The highest BCUT2D eigenvalue weighted by Crippen LogP contribution is 2.32. The van der Waals surface area contributed by atoms with Crippen molar-refractivity contribution in [3.8, 4) is 6.07 Å². The maximum absolute atomic E-state index is 11.7. The fourth-order valence-electron chi connectivity index (χ4n) is 3.03. The number of hydrogen-bond donors (Lipinski definition) is 2. The number of primary amides is 1. The van der Waals surface area contributed by atoms with Crippen LogP contribution in [0, 0.1) is 18.3 Å². The first-order valence-electron chi connectivity index (χ1n) is 7.23. The molecule has 3 rings (SSSR count). The van der Waals surface area contributed by atoms with Crippen LogP contribution in [0.1, 0.15) is 17.5 Å². The van der Waals surface area contributed by atoms with Crippen LogP contribution >= 0.6 is 11.6 Å². The zero-order valence-corrected chi connectivity index (χ0v) is 13.3. The molecule has 1 aromatic carbocycles. The summed E-state index contributed by atoms with van der Waals surface area (Å²) in [6.07, 6.45) is 0.124. The molecule has 3 N–H and O–H groups in total. The van der Waals surface area contributed by atoms with E-state index in [1.807, 2.05) is 11.0 Å². The van der Waals surface area contributed by atoms with Crippen molar-refractivity contribution in [3.05, 3.63) is 28.3 Å². The monoisotopic (exact) mass is 333 g/mol. The fraction of sp³-hybridized carbons (Fsp3) is 0.400. The van der Waals surface area contributed by atoms with E-state index in [0.717, 1.165) is 0 Å². The molecule has 0 bridgehead atoms. The molecule has 2 saturated heterocycles. The van der Waals surface area contributed by atoms with E-state index >= 15 is 0 Å². The second-order valence-electron chi connectivity index (χ2n) is 5.66. The number of urea groups is 1. The van der Waals surface area contributed by atoms with Crippen molar-refractivity contribution in [1.29, 1.82) is 5.26 Å². The number of amides is 2. The van der Waals surface area contributed by atoms with Gasteiger partial charge in [0.05, 0.1) is 35.0 Å². The standard InChI is InChI=1S/C15H16ClN5O2/c1-8-10(3-2-9(6-17)13(8)16)19-15-20-5-4-12(22)11(20)7-21(15)14(18)23/h2-3,11-12,22H,4-5,7H2,1H3,(H2,18,23)/t11-,12?/m1/s1. The molecule has 0 aromatic heterocycles. The summed E-state index contributed by atoms with van der Waals surface area (Å²) in [6.45, 7) is 2.69. The Morgan fingerprint density at radius 1 is 1.57 bits per heavy atom.